The Morgan fingerprint density at radius 2 is 1.83 bits per heavy atom. The maximum atomic E-state index is 13.1. The fraction of sp³-hybridized carbons (Fsp3) is 0.632. The molecule has 0 aromatic heterocycles. The summed E-state index contributed by atoms with van der Waals surface area (Å²) in [6.07, 6.45) is 2.51. The lowest BCUT2D eigenvalue weighted by Gasteiger charge is -2.48. The number of hydrogen-bond donors (Lipinski definition) is 0. The molecule has 0 saturated carbocycles. The number of piperidine rings is 3. The Morgan fingerprint density at radius 3 is 2.54 bits per heavy atom. The molecular formula is C19H25N3O2. The van der Waals surface area contributed by atoms with Crippen molar-refractivity contribution in [3.8, 4) is 0 Å². The lowest BCUT2D eigenvalue weighted by Crippen LogP contribution is -2.57. The second-order valence-corrected chi connectivity index (χ2v) is 7.58. The van der Waals surface area contributed by atoms with E-state index in [1.165, 1.54) is 37.2 Å². The SMILES string of the molecule is O=C1c2cc(N3CCOCC3)ccc2CN1[C@H]1CN2CCC1CC2. The number of nitrogens with zero attached hydrogens (tertiary/aromatic N) is 3. The van der Waals surface area contributed by atoms with Crippen LogP contribution < -0.4 is 4.90 Å². The maximum absolute atomic E-state index is 13.1. The number of morpholine rings is 1. The lowest BCUT2D eigenvalue weighted by molar-refractivity contribution is 0.00846. The molecule has 0 radical (unpaired) electrons. The summed E-state index contributed by atoms with van der Waals surface area (Å²) in [6.45, 7) is 7.68. The van der Waals surface area contributed by atoms with Gasteiger partial charge in [-0.2, -0.15) is 0 Å². The van der Waals surface area contributed by atoms with Gasteiger partial charge in [-0.3, -0.25) is 4.79 Å². The van der Waals surface area contributed by atoms with Crippen LogP contribution in [0.5, 0.6) is 0 Å². The van der Waals surface area contributed by atoms with E-state index in [9.17, 15) is 4.79 Å². The van der Waals surface area contributed by atoms with Crippen LogP contribution in [0.4, 0.5) is 5.69 Å². The number of ether oxygens (including phenoxy) is 1. The molecule has 2 bridgehead atoms. The van der Waals surface area contributed by atoms with Gasteiger partial charge in [0, 0.05) is 43.5 Å². The molecule has 5 aliphatic rings. The molecular weight excluding hydrogens is 302 g/mol. The number of benzene rings is 1. The first kappa shape index (κ1) is 14.7. The summed E-state index contributed by atoms with van der Waals surface area (Å²) < 4.78 is 5.44. The highest BCUT2D eigenvalue weighted by atomic mass is 16.5. The fourth-order valence-electron chi connectivity index (χ4n) is 4.88. The minimum Gasteiger partial charge on any atom is -0.378 e. The van der Waals surface area contributed by atoms with E-state index in [0.29, 0.717) is 12.0 Å². The third kappa shape index (κ3) is 2.33. The van der Waals surface area contributed by atoms with Crippen LogP contribution in [0.25, 0.3) is 0 Å². The van der Waals surface area contributed by atoms with Crippen LogP contribution in [0.2, 0.25) is 0 Å². The van der Waals surface area contributed by atoms with Crippen molar-refractivity contribution >= 4 is 11.6 Å². The highest BCUT2D eigenvalue weighted by Gasteiger charge is 2.42. The fourth-order valence-corrected chi connectivity index (χ4v) is 4.88. The average Bonchev–Trinajstić information content (AvgIpc) is 2.99. The molecule has 1 amide bonds. The number of amides is 1. The predicted octanol–water partition coefficient (Wildman–Crippen LogP) is 1.57. The Hall–Kier alpha value is -1.59. The smallest absolute Gasteiger partial charge is 0.254 e. The van der Waals surface area contributed by atoms with Crippen LogP contribution in [0.15, 0.2) is 18.2 Å². The molecule has 4 saturated heterocycles. The van der Waals surface area contributed by atoms with Crippen molar-refractivity contribution in [1.82, 2.24) is 9.80 Å². The van der Waals surface area contributed by atoms with Crippen LogP contribution in [-0.2, 0) is 11.3 Å². The van der Waals surface area contributed by atoms with Gasteiger partial charge in [-0.25, -0.2) is 0 Å². The van der Waals surface area contributed by atoms with E-state index in [4.69, 9.17) is 4.74 Å². The summed E-state index contributed by atoms with van der Waals surface area (Å²) in [5.41, 5.74) is 3.30. The molecule has 1 atom stereocenters. The van der Waals surface area contributed by atoms with E-state index in [2.05, 4.69) is 32.9 Å². The van der Waals surface area contributed by atoms with Gasteiger partial charge in [0.1, 0.15) is 0 Å². The normalized spacial score (nSPS) is 32.3. The van der Waals surface area contributed by atoms with E-state index in [-0.39, 0.29) is 5.91 Å². The lowest BCUT2D eigenvalue weighted by atomic mass is 9.83. The second kappa shape index (κ2) is 5.74. The molecule has 5 heterocycles. The van der Waals surface area contributed by atoms with Crippen LogP contribution in [0, 0.1) is 5.92 Å². The van der Waals surface area contributed by atoms with Crippen molar-refractivity contribution < 1.29 is 9.53 Å². The van der Waals surface area contributed by atoms with Gasteiger partial charge in [0.2, 0.25) is 0 Å². The van der Waals surface area contributed by atoms with Crippen LogP contribution >= 0.6 is 0 Å². The molecule has 24 heavy (non-hydrogen) atoms. The zero-order valence-corrected chi connectivity index (χ0v) is 14.1. The standard InChI is InChI=1S/C19H25N3O2/c23-19-17-11-16(21-7-9-24-10-8-21)2-1-15(17)12-22(19)18-13-20-5-3-14(18)4-6-20/h1-2,11,14,18H,3-10,12-13H2/t18-/m0/s1. The molecule has 0 aliphatic carbocycles. The molecule has 0 spiro atoms. The van der Waals surface area contributed by atoms with Gasteiger partial charge < -0.3 is 19.4 Å². The Bertz CT molecular complexity index is 648. The molecule has 5 nitrogen and oxygen atoms in total. The molecule has 4 fully saturated rings. The Labute approximate surface area is 143 Å². The van der Waals surface area contributed by atoms with Gasteiger partial charge in [0.05, 0.1) is 13.2 Å². The average molecular weight is 327 g/mol. The van der Waals surface area contributed by atoms with E-state index in [1.807, 2.05) is 0 Å². The summed E-state index contributed by atoms with van der Waals surface area (Å²) >= 11 is 0. The molecule has 1 aromatic rings. The number of carbonyl (C=O) groups is 1. The largest absolute Gasteiger partial charge is 0.378 e. The van der Waals surface area contributed by atoms with Crippen molar-refractivity contribution in [3.05, 3.63) is 29.3 Å². The van der Waals surface area contributed by atoms with Crippen LogP contribution in [0.3, 0.4) is 0 Å². The van der Waals surface area contributed by atoms with E-state index in [0.717, 1.165) is 45.0 Å². The Balaban J connectivity index is 1.39. The van der Waals surface area contributed by atoms with Crippen LogP contribution in [-0.4, -0.2) is 67.7 Å². The molecule has 1 aromatic carbocycles. The third-order valence-electron chi connectivity index (χ3n) is 6.32. The summed E-state index contributed by atoms with van der Waals surface area (Å²) in [5.74, 6) is 0.950. The van der Waals surface area contributed by atoms with Crippen molar-refractivity contribution in [3.63, 3.8) is 0 Å². The van der Waals surface area contributed by atoms with Crippen molar-refractivity contribution in [1.29, 1.82) is 0 Å². The molecule has 6 rings (SSSR count). The predicted molar refractivity (Wildman–Crippen MR) is 92.3 cm³/mol. The zero-order chi connectivity index (χ0) is 16.1. The number of anilines is 1. The first-order chi connectivity index (χ1) is 11.8. The first-order valence-corrected chi connectivity index (χ1v) is 9.28. The van der Waals surface area contributed by atoms with E-state index >= 15 is 0 Å². The van der Waals surface area contributed by atoms with Crippen molar-refractivity contribution in [2.24, 2.45) is 5.92 Å². The van der Waals surface area contributed by atoms with Gasteiger partial charge >= 0.3 is 0 Å². The van der Waals surface area contributed by atoms with Gasteiger partial charge in [-0.05, 0) is 49.5 Å². The maximum Gasteiger partial charge on any atom is 0.254 e. The molecule has 0 unspecified atom stereocenters. The number of carbonyl (C=O) groups excluding carboxylic acids is 1. The van der Waals surface area contributed by atoms with E-state index in [1.54, 1.807) is 0 Å². The second-order valence-electron chi connectivity index (χ2n) is 7.58. The number of hydrogen-bond acceptors (Lipinski definition) is 4. The third-order valence-corrected chi connectivity index (χ3v) is 6.32. The van der Waals surface area contributed by atoms with Gasteiger partial charge in [-0.1, -0.05) is 6.07 Å². The van der Waals surface area contributed by atoms with Crippen molar-refractivity contribution in [2.45, 2.75) is 25.4 Å². The number of fused-ring (bicyclic) bond motifs is 4. The first-order valence-electron chi connectivity index (χ1n) is 9.28. The number of rotatable bonds is 2. The quantitative estimate of drug-likeness (QED) is 0.826. The molecule has 0 N–H and O–H groups in total. The summed E-state index contributed by atoms with van der Waals surface area (Å²) in [7, 11) is 0. The molecule has 5 heteroatoms. The minimum atomic E-state index is 0.249. The highest BCUT2D eigenvalue weighted by molar-refractivity contribution is 5.99. The van der Waals surface area contributed by atoms with Gasteiger partial charge in [0.25, 0.3) is 5.91 Å². The Morgan fingerprint density at radius 1 is 1.04 bits per heavy atom. The zero-order valence-electron chi connectivity index (χ0n) is 14.1. The molecule has 128 valence electrons. The van der Waals surface area contributed by atoms with Gasteiger partial charge in [0.15, 0.2) is 0 Å². The molecule has 5 aliphatic heterocycles. The monoisotopic (exact) mass is 327 g/mol. The van der Waals surface area contributed by atoms with Crippen LogP contribution in [0.1, 0.15) is 28.8 Å². The summed E-state index contributed by atoms with van der Waals surface area (Å²) in [4.78, 5) is 20.1. The minimum absolute atomic E-state index is 0.249. The van der Waals surface area contributed by atoms with Crippen molar-refractivity contribution in [2.75, 3.05) is 50.8 Å². The van der Waals surface area contributed by atoms with Gasteiger partial charge in [-0.15, -0.1) is 0 Å². The van der Waals surface area contributed by atoms with E-state index < -0.39 is 0 Å². The summed E-state index contributed by atoms with van der Waals surface area (Å²) in [5, 5.41) is 0. The Kier molecular flexibility index (Phi) is 3.52. The summed E-state index contributed by atoms with van der Waals surface area (Å²) in [6, 6.07) is 6.88. The topological polar surface area (TPSA) is 36.0 Å². The highest BCUT2D eigenvalue weighted by Crippen LogP contribution is 2.36.